The molecule has 104 valence electrons. The van der Waals surface area contributed by atoms with E-state index in [-0.39, 0.29) is 5.91 Å². The van der Waals surface area contributed by atoms with E-state index in [4.69, 9.17) is 22.7 Å². The van der Waals surface area contributed by atoms with Gasteiger partial charge in [-0.15, -0.1) is 0 Å². The second-order valence-electron chi connectivity index (χ2n) is 5.42. The van der Waals surface area contributed by atoms with E-state index in [0.717, 1.165) is 25.9 Å². The first kappa shape index (κ1) is 15.3. The van der Waals surface area contributed by atoms with Gasteiger partial charge < -0.3 is 20.7 Å². The molecule has 0 aromatic heterocycles. The zero-order valence-corrected chi connectivity index (χ0v) is 12.4. The third-order valence-corrected chi connectivity index (χ3v) is 4.11. The summed E-state index contributed by atoms with van der Waals surface area (Å²) in [6, 6.07) is 0. The molecule has 0 aromatic rings. The highest BCUT2D eigenvalue weighted by atomic mass is 32.1. The lowest BCUT2D eigenvalue weighted by molar-refractivity contribution is -0.141. The number of hydrogen-bond acceptors (Lipinski definition) is 4. The number of rotatable bonds is 4. The van der Waals surface area contributed by atoms with Crippen LogP contribution in [-0.2, 0) is 9.53 Å². The van der Waals surface area contributed by atoms with Gasteiger partial charge in [-0.3, -0.25) is 4.79 Å². The zero-order chi connectivity index (χ0) is 14.0. The average Bonchev–Trinajstić information content (AvgIpc) is 2.32. The number of ether oxygens (including phenoxy) is 1. The van der Waals surface area contributed by atoms with Gasteiger partial charge in [-0.1, -0.05) is 12.2 Å². The summed E-state index contributed by atoms with van der Waals surface area (Å²) in [5.74, 6) is -0.178. The van der Waals surface area contributed by atoms with Crippen molar-refractivity contribution in [3.63, 3.8) is 0 Å². The number of piperidine rings is 1. The molecule has 18 heavy (non-hydrogen) atoms. The van der Waals surface area contributed by atoms with Crippen molar-refractivity contribution in [3.05, 3.63) is 0 Å². The van der Waals surface area contributed by atoms with Crippen LogP contribution in [0.5, 0.6) is 0 Å². The number of carbonyl (C=O) groups is 1. The fourth-order valence-electron chi connectivity index (χ4n) is 1.89. The van der Waals surface area contributed by atoms with E-state index in [1.165, 1.54) is 7.11 Å². The van der Waals surface area contributed by atoms with E-state index < -0.39 is 11.1 Å². The number of likely N-dealkylation sites (tertiary alicyclic amines) is 1. The fraction of sp³-hybridized carbons (Fsp3) is 0.833. The first-order chi connectivity index (χ1) is 8.23. The van der Waals surface area contributed by atoms with Gasteiger partial charge in [0, 0.05) is 20.2 Å². The Morgan fingerprint density at radius 1 is 1.44 bits per heavy atom. The van der Waals surface area contributed by atoms with Gasteiger partial charge in [0.05, 0.1) is 10.5 Å². The Hall–Kier alpha value is -0.720. The van der Waals surface area contributed by atoms with Crippen molar-refractivity contribution in [1.29, 1.82) is 0 Å². The molecule has 0 radical (unpaired) electrons. The van der Waals surface area contributed by atoms with Gasteiger partial charge in [-0.05, 0) is 33.7 Å². The minimum Gasteiger partial charge on any atom is -0.391 e. The van der Waals surface area contributed by atoms with Crippen LogP contribution in [0, 0.1) is 0 Å². The van der Waals surface area contributed by atoms with Crippen LogP contribution in [-0.4, -0.2) is 54.2 Å². The van der Waals surface area contributed by atoms with Crippen molar-refractivity contribution in [2.75, 3.05) is 27.2 Å². The number of methoxy groups -OCH3 is 1. The maximum atomic E-state index is 12.2. The van der Waals surface area contributed by atoms with Crippen LogP contribution in [0.3, 0.4) is 0 Å². The average molecular weight is 273 g/mol. The lowest BCUT2D eigenvalue weighted by Gasteiger charge is -2.41. The summed E-state index contributed by atoms with van der Waals surface area (Å²) in [6.07, 6.45) is 1.48. The molecule has 0 unspecified atom stereocenters. The molecule has 5 nitrogen and oxygen atoms in total. The quantitative estimate of drug-likeness (QED) is 0.720. The number of nitrogens with one attached hydrogen (secondary N) is 1. The fourth-order valence-corrected chi connectivity index (χ4v) is 2.15. The monoisotopic (exact) mass is 273 g/mol. The predicted octanol–water partition coefficient (Wildman–Crippen LogP) is 0.278. The first-order valence-electron chi connectivity index (χ1n) is 6.10. The maximum absolute atomic E-state index is 12.2. The molecule has 1 amide bonds. The van der Waals surface area contributed by atoms with Gasteiger partial charge in [0.25, 0.3) is 5.91 Å². The third kappa shape index (κ3) is 3.18. The summed E-state index contributed by atoms with van der Waals surface area (Å²) in [4.78, 5) is 14.7. The Balaban J connectivity index is 2.82. The molecule has 0 spiro atoms. The molecule has 0 saturated carbocycles. The van der Waals surface area contributed by atoms with Crippen LogP contribution < -0.4 is 11.1 Å². The summed E-state index contributed by atoms with van der Waals surface area (Å²) in [6.45, 7) is 5.19. The normalized spacial score (nSPS) is 20.4. The van der Waals surface area contributed by atoms with E-state index in [2.05, 4.69) is 10.2 Å². The summed E-state index contributed by atoms with van der Waals surface area (Å²) in [5, 5.41) is 2.99. The SMILES string of the molecule is COC(C)(C)C(=O)NC1(C(N)=S)CCN(C)CC1. The van der Waals surface area contributed by atoms with Gasteiger partial charge in [0.2, 0.25) is 0 Å². The molecular formula is C12H23N3O2S. The van der Waals surface area contributed by atoms with Crippen LogP contribution in [0.4, 0.5) is 0 Å². The highest BCUT2D eigenvalue weighted by Crippen LogP contribution is 2.23. The number of amides is 1. The number of carbonyl (C=O) groups excluding carboxylic acids is 1. The van der Waals surface area contributed by atoms with Gasteiger partial charge in [-0.25, -0.2) is 0 Å². The van der Waals surface area contributed by atoms with Gasteiger partial charge in [-0.2, -0.15) is 0 Å². The Morgan fingerprint density at radius 2 is 1.94 bits per heavy atom. The molecule has 0 bridgehead atoms. The molecule has 0 aliphatic carbocycles. The Labute approximate surface area is 114 Å². The van der Waals surface area contributed by atoms with E-state index >= 15 is 0 Å². The van der Waals surface area contributed by atoms with Gasteiger partial charge in [0.1, 0.15) is 5.60 Å². The number of thiocarbonyl (C=S) groups is 1. The first-order valence-corrected chi connectivity index (χ1v) is 6.50. The van der Waals surface area contributed by atoms with E-state index in [0.29, 0.717) is 4.99 Å². The van der Waals surface area contributed by atoms with Crippen molar-refractivity contribution >= 4 is 23.1 Å². The number of nitrogens with zero attached hydrogens (tertiary/aromatic N) is 1. The van der Waals surface area contributed by atoms with Crippen LogP contribution in [0.1, 0.15) is 26.7 Å². The lowest BCUT2D eigenvalue weighted by Crippen LogP contribution is -2.64. The van der Waals surface area contributed by atoms with E-state index in [1.807, 2.05) is 7.05 Å². The Bertz CT molecular complexity index is 336. The standard InChI is InChI=1S/C12H23N3O2S/c1-11(2,17-4)10(16)14-12(9(13)18)5-7-15(3)8-6-12/h5-8H2,1-4H3,(H2,13,18)(H,14,16). The van der Waals surface area contributed by atoms with Crippen molar-refractivity contribution < 1.29 is 9.53 Å². The van der Waals surface area contributed by atoms with Crippen molar-refractivity contribution in [3.8, 4) is 0 Å². The molecule has 1 aliphatic heterocycles. The topological polar surface area (TPSA) is 67.6 Å². The molecule has 0 atom stereocenters. The molecule has 3 N–H and O–H groups in total. The van der Waals surface area contributed by atoms with Gasteiger partial charge >= 0.3 is 0 Å². The van der Waals surface area contributed by atoms with Crippen LogP contribution in [0.25, 0.3) is 0 Å². The Morgan fingerprint density at radius 3 is 2.33 bits per heavy atom. The predicted molar refractivity (Wildman–Crippen MR) is 75.5 cm³/mol. The molecule has 1 aliphatic rings. The molecule has 1 rings (SSSR count). The summed E-state index contributed by atoms with van der Waals surface area (Å²) in [5.41, 5.74) is 4.39. The van der Waals surface area contributed by atoms with Crippen LogP contribution in [0.2, 0.25) is 0 Å². The van der Waals surface area contributed by atoms with E-state index in [1.54, 1.807) is 13.8 Å². The zero-order valence-electron chi connectivity index (χ0n) is 11.6. The summed E-state index contributed by atoms with van der Waals surface area (Å²) in [7, 11) is 3.56. The van der Waals surface area contributed by atoms with E-state index in [9.17, 15) is 4.79 Å². The third-order valence-electron chi connectivity index (χ3n) is 3.72. The number of nitrogens with two attached hydrogens (primary N) is 1. The van der Waals surface area contributed by atoms with Crippen LogP contribution >= 0.6 is 12.2 Å². The molecule has 1 fully saturated rings. The minimum absolute atomic E-state index is 0.178. The largest absolute Gasteiger partial charge is 0.391 e. The molecule has 6 heteroatoms. The maximum Gasteiger partial charge on any atom is 0.252 e. The molecule has 1 heterocycles. The summed E-state index contributed by atoms with van der Waals surface area (Å²) < 4.78 is 5.18. The highest BCUT2D eigenvalue weighted by Gasteiger charge is 2.41. The second kappa shape index (κ2) is 5.50. The second-order valence-corrected chi connectivity index (χ2v) is 5.86. The highest BCUT2D eigenvalue weighted by molar-refractivity contribution is 7.80. The van der Waals surface area contributed by atoms with Crippen LogP contribution in [0.15, 0.2) is 0 Å². The smallest absolute Gasteiger partial charge is 0.252 e. The Kier molecular flexibility index (Phi) is 4.69. The van der Waals surface area contributed by atoms with Crippen molar-refractivity contribution in [2.45, 2.75) is 37.8 Å². The lowest BCUT2D eigenvalue weighted by atomic mass is 9.86. The summed E-state index contributed by atoms with van der Waals surface area (Å²) >= 11 is 5.15. The number of hydrogen-bond donors (Lipinski definition) is 2. The van der Waals surface area contributed by atoms with Crippen molar-refractivity contribution in [1.82, 2.24) is 10.2 Å². The van der Waals surface area contributed by atoms with Crippen molar-refractivity contribution in [2.24, 2.45) is 5.73 Å². The van der Waals surface area contributed by atoms with Gasteiger partial charge in [0.15, 0.2) is 0 Å². The molecule has 0 aromatic carbocycles. The molecular weight excluding hydrogens is 250 g/mol. The molecule has 1 saturated heterocycles. The minimum atomic E-state index is -0.874.